The Labute approximate surface area is 304 Å². The van der Waals surface area contributed by atoms with Crippen LogP contribution in [0.5, 0.6) is 17.4 Å². The van der Waals surface area contributed by atoms with Crippen molar-refractivity contribution in [1.29, 1.82) is 0 Å². The average Bonchev–Trinajstić information content (AvgIpc) is 3.67. The number of aromatic nitrogens is 3. The molecule has 53 heavy (non-hydrogen) atoms. The van der Waals surface area contributed by atoms with E-state index in [1.807, 2.05) is 30.3 Å². The van der Waals surface area contributed by atoms with E-state index in [-0.39, 0.29) is 41.5 Å². The highest BCUT2D eigenvalue weighted by atomic mass is 16.5. The number of carbonyl (C=O) groups is 4. The van der Waals surface area contributed by atoms with Crippen LogP contribution >= 0.6 is 0 Å². The summed E-state index contributed by atoms with van der Waals surface area (Å²) in [6.07, 6.45) is 1.77. The molecule has 0 bridgehead atoms. The molecule has 0 spiro atoms. The van der Waals surface area contributed by atoms with E-state index in [0.29, 0.717) is 34.7 Å². The van der Waals surface area contributed by atoms with Crippen LogP contribution in [-0.2, 0) is 15.0 Å². The number of aryl methyl sites for hydroxylation is 1. The molecule has 1 saturated heterocycles. The molecule has 2 aliphatic heterocycles. The molecule has 2 aromatic heterocycles. The van der Waals surface area contributed by atoms with Crippen LogP contribution < -0.4 is 20.1 Å². The van der Waals surface area contributed by atoms with Crippen LogP contribution in [0.3, 0.4) is 0 Å². The van der Waals surface area contributed by atoms with Crippen molar-refractivity contribution in [2.24, 2.45) is 0 Å². The SMILES string of the molecule is Cc1nc(-c2cccc(Oc3ccc(C(C)(C)c4ccc(OC5CC(Nc6ccc7c(c6)C(=O)N(C6CCC(=O)NC6=O)C7=O)C5)cc4)cc3)n2)no1. The lowest BCUT2D eigenvalue weighted by Gasteiger charge is -2.36. The van der Waals surface area contributed by atoms with E-state index in [1.165, 1.54) is 0 Å². The van der Waals surface area contributed by atoms with Gasteiger partial charge in [0.25, 0.3) is 11.8 Å². The predicted octanol–water partition coefficient (Wildman–Crippen LogP) is 5.98. The van der Waals surface area contributed by atoms with Crippen LogP contribution in [0.1, 0.15) is 77.3 Å². The topological polar surface area (TPSA) is 166 Å². The molecule has 3 aromatic carbocycles. The highest BCUT2D eigenvalue weighted by molar-refractivity contribution is 6.23. The number of pyridine rings is 1. The van der Waals surface area contributed by atoms with Crippen molar-refractivity contribution in [3.8, 4) is 28.9 Å². The summed E-state index contributed by atoms with van der Waals surface area (Å²) in [5, 5.41) is 9.58. The first kappa shape index (κ1) is 33.8. The Kier molecular flexibility index (Phi) is 8.48. The second-order valence-corrected chi connectivity index (χ2v) is 14.0. The van der Waals surface area contributed by atoms with Crippen LogP contribution in [-0.4, -0.2) is 61.8 Å². The lowest BCUT2D eigenvalue weighted by Crippen LogP contribution is -2.54. The number of fused-ring (bicyclic) bond motifs is 1. The van der Waals surface area contributed by atoms with E-state index >= 15 is 0 Å². The normalized spacial score (nSPS) is 19.8. The molecule has 5 aromatic rings. The summed E-state index contributed by atoms with van der Waals surface area (Å²) >= 11 is 0. The fraction of sp³-hybridized carbons (Fsp3) is 0.275. The molecule has 1 unspecified atom stereocenters. The minimum Gasteiger partial charge on any atom is -0.490 e. The maximum atomic E-state index is 13.2. The summed E-state index contributed by atoms with van der Waals surface area (Å²) in [7, 11) is 0. The van der Waals surface area contributed by atoms with E-state index in [0.717, 1.165) is 34.6 Å². The van der Waals surface area contributed by atoms with Gasteiger partial charge in [0.2, 0.25) is 29.4 Å². The Balaban J connectivity index is 0.839. The number of hydrogen-bond donors (Lipinski definition) is 2. The highest BCUT2D eigenvalue weighted by Crippen LogP contribution is 2.36. The number of ether oxygens (including phenoxy) is 2. The molecule has 13 nitrogen and oxygen atoms in total. The van der Waals surface area contributed by atoms with Crippen LogP contribution in [0.2, 0.25) is 0 Å². The third-order valence-electron chi connectivity index (χ3n) is 10.1. The molecule has 2 N–H and O–H groups in total. The number of hydrogen-bond acceptors (Lipinski definition) is 11. The van der Waals surface area contributed by atoms with Crippen LogP contribution in [0.4, 0.5) is 5.69 Å². The first-order valence-electron chi connectivity index (χ1n) is 17.5. The molecule has 8 rings (SSSR count). The van der Waals surface area contributed by atoms with Gasteiger partial charge in [0.15, 0.2) is 0 Å². The molecule has 4 amide bonds. The molecule has 1 saturated carbocycles. The Hall–Kier alpha value is -6.37. The van der Waals surface area contributed by atoms with E-state index in [4.69, 9.17) is 14.0 Å². The summed E-state index contributed by atoms with van der Waals surface area (Å²) in [5.41, 5.74) is 3.76. The van der Waals surface area contributed by atoms with Crippen LogP contribution in [0.25, 0.3) is 11.5 Å². The van der Waals surface area contributed by atoms with E-state index in [9.17, 15) is 19.2 Å². The number of nitrogens with zero attached hydrogens (tertiary/aromatic N) is 4. The first-order chi connectivity index (χ1) is 25.5. The summed E-state index contributed by atoms with van der Waals surface area (Å²) in [5.74, 6) is 0.678. The van der Waals surface area contributed by atoms with Crippen LogP contribution in [0.15, 0.2) is 89.5 Å². The number of rotatable bonds is 10. The Morgan fingerprint density at radius 3 is 2.23 bits per heavy atom. The number of nitrogens with one attached hydrogen (secondary N) is 2. The fourth-order valence-electron chi connectivity index (χ4n) is 6.95. The Bertz CT molecular complexity index is 2240. The number of carbonyl (C=O) groups excluding carboxylic acids is 4. The molecule has 1 aliphatic carbocycles. The quantitative estimate of drug-likeness (QED) is 0.164. The molecule has 0 radical (unpaired) electrons. The zero-order valence-electron chi connectivity index (χ0n) is 29.3. The summed E-state index contributed by atoms with van der Waals surface area (Å²) in [6, 6.07) is 25.7. The van der Waals surface area contributed by atoms with Gasteiger partial charge in [-0.05, 0) is 66.1 Å². The summed E-state index contributed by atoms with van der Waals surface area (Å²) < 4.78 is 17.3. The molecular formula is C40H36N6O7. The van der Waals surface area contributed by atoms with Crippen molar-refractivity contribution in [3.63, 3.8) is 0 Å². The number of piperidine rings is 1. The standard InChI is InChI=1S/C40H36N6O7/c1-22-41-36(45-53-22)32-5-4-6-35(43-32)52-28-14-9-24(10-15-28)40(2,3)23-7-12-27(13-8-23)51-29-19-26(20-29)42-25-11-16-30-31(21-25)39(50)46(38(30)49)33-17-18-34(47)44-37(33)48/h4-16,21,26,29,33,42H,17-20H2,1-3H3,(H,44,47,48). The van der Waals surface area contributed by atoms with Crippen molar-refractivity contribution < 1.29 is 33.2 Å². The van der Waals surface area contributed by atoms with Crippen molar-refractivity contribution in [1.82, 2.24) is 25.3 Å². The average molecular weight is 713 g/mol. The number of anilines is 1. The minimum absolute atomic E-state index is 0.0334. The molecule has 268 valence electrons. The van der Waals surface area contributed by atoms with Gasteiger partial charge in [0.05, 0.1) is 11.1 Å². The molecular weight excluding hydrogens is 676 g/mol. The fourth-order valence-corrected chi connectivity index (χ4v) is 6.95. The minimum atomic E-state index is -0.990. The van der Waals surface area contributed by atoms with E-state index < -0.39 is 29.7 Å². The molecule has 4 heterocycles. The van der Waals surface area contributed by atoms with Crippen molar-refractivity contribution >= 4 is 29.3 Å². The van der Waals surface area contributed by atoms with Gasteiger partial charge in [-0.2, -0.15) is 4.98 Å². The molecule has 13 heteroatoms. The molecule has 2 fully saturated rings. The van der Waals surface area contributed by atoms with Crippen molar-refractivity contribution in [3.05, 3.63) is 113 Å². The largest absolute Gasteiger partial charge is 0.490 e. The second kappa shape index (κ2) is 13.3. The number of amides is 4. The zero-order chi connectivity index (χ0) is 36.9. The van der Waals surface area contributed by atoms with Gasteiger partial charge in [0.1, 0.15) is 29.3 Å². The Morgan fingerprint density at radius 2 is 1.55 bits per heavy atom. The first-order valence-corrected chi connectivity index (χ1v) is 17.5. The van der Waals surface area contributed by atoms with Crippen molar-refractivity contribution in [2.45, 2.75) is 70.1 Å². The number of benzene rings is 3. The third-order valence-corrected chi connectivity index (χ3v) is 10.1. The summed E-state index contributed by atoms with van der Waals surface area (Å²) in [4.78, 5) is 59.8. The van der Waals surface area contributed by atoms with Gasteiger partial charge < -0.3 is 19.3 Å². The van der Waals surface area contributed by atoms with Gasteiger partial charge in [0, 0.05) is 49.4 Å². The molecule has 1 atom stereocenters. The van der Waals surface area contributed by atoms with Gasteiger partial charge in [-0.3, -0.25) is 29.4 Å². The highest BCUT2D eigenvalue weighted by Gasteiger charge is 2.45. The monoisotopic (exact) mass is 712 g/mol. The molecule has 3 aliphatic rings. The van der Waals surface area contributed by atoms with Gasteiger partial charge in [-0.15, -0.1) is 0 Å². The van der Waals surface area contributed by atoms with Crippen molar-refractivity contribution in [2.75, 3.05) is 5.32 Å². The lowest BCUT2D eigenvalue weighted by molar-refractivity contribution is -0.136. The maximum Gasteiger partial charge on any atom is 0.262 e. The van der Waals surface area contributed by atoms with Crippen LogP contribution in [0, 0.1) is 6.92 Å². The van der Waals surface area contributed by atoms with Gasteiger partial charge >= 0.3 is 0 Å². The third kappa shape index (κ3) is 6.61. The Morgan fingerprint density at radius 1 is 0.849 bits per heavy atom. The second-order valence-electron chi connectivity index (χ2n) is 14.0. The van der Waals surface area contributed by atoms with Gasteiger partial charge in [-0.25, -0.2) is 4.98 Å². The maximum absolute atomic E-state index is 13.2. The number of imide groups is 2. The summed E-state index contributed by atoms with van der Waals surface area (Å²) in [6.45, 7) is 6.08. The lowest BCUT2D eigenvalue weighted by atomic mass is 9.78. The van der Waals surface area contributed by atoms with E-state index in [1.54, 1.807) is 37.3 Å². The zero-order valence-corrected chi connectivity index (χ0v) is 29.3. The predicted molar refractivity (Wildman–Crippen MR) is 192 cm³/mol. The van der Waals surface area contributed by atoms with E-state index in [2.05, 4.69) is 63.9 Å². The van der Waals surface area contributed by atoms with Gasteiger partial charge in [-0.1, -0.05) is 49.3 Å². The smallest absolute Gasteiger partial charge is 0.262 e.